The van der Waals surface area contributed by atoms with Gasteiger partial charge >= 0.3 is 0 Å². The molecule has 1 heterocycles. The minimum absolute atomic E-state index is 0.0431. The second-order valence-corrected chi connectivity index (χ2v) is 6.16. The van der Waals surface area contributed by atoms with E-state index in [0.29, 0.717) is 16.4 Å². The fourth-order valence-corrected chi connectivity index (χ4v) is 2.95. The van der Waals surface area contributed by atoms with Gasteiger partial charge in [-0.3, -0.25) is 25.0 Å². The largest absolute Gasteiger partial charge is 0.295 e. The number of hydrogen-bond acceptors (Lipinski definition) is 4. The molecule has 0 fully saturated rings. The zero-order chi connectivity index (χ0) is 18.4. The summed E-state index contributed by atoms with van der Waals surface area (Å²) in [5.74, 6) is -1.09. The molecule has 0 saturated heterocycles. The summed E-state index contributed by atoms with van der Waals surface area (Å²) in [6.07, 6.45) is 3.26. The molecule has 2 amide bonds. The van der Waals surface area contributed by atoms with Crippen molar-refractivity contribution in [3.63, 3.8) is 0 Å². The summed E-state index contributed by atoms with van der Waals surface area (Å²) < 4.78 is 15.1. The Morgan fingerprint density at radius 2 is 1.88 bits per heavy atom. The van der Waals surface area contributed by atoms with Gasteiger partial charge in [-0.2, -0.15) is 0 Å². The second-order valence-electron chi connectivity index (χ2n) is 5.22. The minimum atomic E-state index is -0.398. The number of benzene rings is 2. The number of nitrogens with one attached hydrogen (secondary N) is 2. The van der Waals surface area contributed by atoms with Crippen LogP contribution in [0.4, 0.5) is 4.39 Å². The third-order valence-electron chi connectivity index (χ3n) is 3.38. The molecule has 0 spiro atoms. The van der Waals surface area contributed by atoms with Crippen LogP contribution in [0.15, 0.2) is 72.1 Å². The SMILES string of the molecule is O=C(CSc1nccn1-c1cccc(F)c1)NNC(=O)c1ccccc1. The van der Waals surface area contributed by atoms with Gasteiger partial charge in [-0.1, -0.05) is 36.0 Å². The number of nitrogens with zero attached hydrogens (tertiary/aromatic N) is 2. The lowest BCUT2D eigenvalue weighted by Crippen LogP contribution is -2.42. The number of imidazole rings is 1. The van der Waals surface area contributed by atoms with Crippen LogP contribution in [0.3, 0.4) is 0 Å². The molecule has 0 bridgehead atoms. The normalized spacial score (nSPS) is 10.3. The van der Waals surface area contributed by atoms with Gasteiger partial charge in [0.25, 0.3) is 5.91 Å². The van der Waals surface area contributed by atoms with Gasteiger partial charge in [0.1, 0.15) is 5.82 Å². The summed E-state index contributed by atoms with van der Waals surface area (Å²) in [5, 5.41) is 0.542. The van der Waals surface area contributed by atoms with Crippen molar-refractivity contribution in [2.75, 3.05) is 5.75 Å². The fraction of sp³-hybridized carbons (Fsp3) is 0.0556. The smallest absolute Gasteiger partial charge is 0.269 e. The van der Waals surface area contributed by atoms with Gasteiger partial charge in [-0.25, -0.2) is 9.37 Å². The third kappa shape index (κ3) is 4.48. The molecule has 0 atom stereocenters. The Hall–Kier alpha value is -3.13. The van der Waals surface area contributed by atoms with E-state index in [2.05, 4.69) is 15.8 Å². The number of carbonyl (C=O) groups excluding carboxylic acids is 2. The summed E-state index contributed by atoms with van der Waals surface area (Å²) in [5.41, 5.74) is 5.77. The van der Waals surface area contributed by atoms with Gasteiger partial charge in [0.05, 0.1) is 11.4 Å². The molecular weight excluding hydrogens is 355 g/mol. The zero-order valence-electron chi connectivity index (χ0n) is 13.6. The average Bonchev–Trinajstić information content (AvgIpc) is 3.14. The Morgan fingerprint density at radius 1 is 1.08 bits per heavy atom. The molecule has 1 aromatic heterocycles. The number of halogens is 1. The molecule has 0 aliphatic carbocycles. The van der Waals surface area contributed by atoms with Gasteiger partial charge < -0.3 is 0 Å². The van der Waals surface area contributed by atoms with Crippen LogP contribution in [0, 0.1) is 5.82 Å². The first-order valence-corrected chi connectivity index (χ1v) is 8.68. The van der Waals surface area contributed by atoms with Crippen molar-refractivity contribution in [3.05, 3.63) is 78.4 Å². The number of carbonyl (C=O) groups is 2. The van der Waals surface area contributed by atoms with E-state index in [0.717, 1.165) is 0 Å². The van der Waals surface area contributed by atoms with Gasteiger partial charge in [-0.05, 0) is 30.3 Å². The van der Waals surface area contributed by atoms with Gasteiger partial charge in [0.2, 0.25) is 5.91 Å². The first-order chi connectivity index (χ1) is 12.6. The predicted octanol–water partition coefficient (Wildman–Crippen LogP) is 2.56. The molecule has 6 nitrogen and oxygen atoms in total. The first kappa shape index (κ1) is 17.7. The van der Waals surface area contributed by atoms with Crippen LogP contribution in [0.1, 0.15) is 10.4 Å². The van der Waals surface area contributed by atoms with Crippen molar-refractivity contribution in [1.29, 1.82) is 0 Å². The Morgan fingerprint density at radius 3 is 2.65 bits per heavy atom. The number of amides is 2. The average molecular weight is 370 g/mol. The maximum Gasteiger partial charge on any atom is 0.269 e. The Kier molecular flexibility index (Phi) is 5.65. The molecule has 2 N–H and O–H groups in total. The Bertz CT molecular complexity index is 914. The fourth-order valence-electron chi connectivity index (χ4n) is 2.17. The lowest BCUT2D eigenvalue weighted by atomic mass is 10.2. The molecule has 0 aliphatic heterocycles. The highest BCUT2D eigenvalue weighted by molar-refractivity contribution is 7.99. The van der Waals surface area contributed by atoms with Gasteiger partial charge in [0.15, 0.2) is 5.16 Å². The molecule has 3 aromatic rings. The summed E-state index contributed by atoms with van der Waals surface area (Å²) in [7, 11) is 0. The van der Waals surface area contributed by atoms with Gasteiger partial charge in [0, 0.05) is 18.0 Å². The number of thioether (sulfide) groups is 1. The highest BCUT2D eigenvalue weighted by Gasteiger charge is 2.11. The van der Waals surface area contributed by atoms with Crippen molar-refractivity contribution >= 4 is 23.6 Å². The van der Waals surface area contributed by atoms with Crippen LogP contribution >= 0.6 is 11.8 Å². The van der Waals surface area contributed by atoms with Crippen molar-refractivity contribution in [1.82, 2.24) is 20.4 Å². The molecule has 2 aromatic carbocycles. The molecule has 0 aliphatic rings. The lowest BCUT2D eigenvalue weighted by Gasteiger charge is -2.09. The quantitative estimate of drug-likeness (QED) is 0.535. The standard InChI is InChI=1S/C18H15FN4O2S/c19-14-7-4-8-15(11-14)23-10-9-20-18(23)26-12-16(24)21-22-17(25)13-5-2-1-3-6-13/h1-11H,12H2,(H,21,24)(H,22,25). The molecule has 0 saturated carbocycles. The summed E-state index contributed by atoms with van der Waals surface area (Å²) in [4.78, 5) is 28.0. The molecular formula is C18H15FN4O2S. The lowest BCUT2D eigenvalue weighted by molar-refractivity contribution is -0.119. The maximum absolute atomic E-state index is 13.4. The number of hydrazine groups is 1. The van der Waals surface area contributed by atoms with Crippen LogP contribution in [-0.2, 0) is 4.79 Å². The maximum atomic E-state index is 13.4. The van der Waals surface area contributed by atoms with Crippen molar-refractivity contribution in [2.45, 2.75) is 5.16 Å². The van der Waals surface area contributed by atoms with Crippen LogP contribution in [0.25, 0.3) is 5.69 Å². The molecule has 3 rings (SSSR count). The number of hydrogen-bond donors (Lipinski definition) is 2. The first-order valence-electron chi connectivity index (χ1n) is 7.70. The summed E-state index contributed by atoms with van der Waals surface area (Å²) in [6.45, 7) is 0. The van der Waals surface area contributed by atoms with E-state index in [1.54, 1.807) is 59.4 Å². The topological polar surface area (TPSA) is 76.0 Å². The van der Waals surface area contributed by atoms with Crippen molar-refractivity contribution in [2.24, 2.45) is 0 Å². The molecule has 8 heteroatoms. The highest BCUT2D eigenvalue weighted by Crippen LogP contribution is 2.20. The van der Waals surface area contributed by atoms with E-state index in [1.165, 1.54) is 23.9 Å². The second kappa shape index (κ2) is 8.30. The molecule has 0 unspecified atom stereocenters. The number of rotatable bonds is 5. The van der Waals surface area contributed by atoms with E-state index in [-0.39, 0.29) is 17.5 Å². The van der Waals surface area contributed by atoms with Crippen LogP contribution in [0.2, 0.25) is 0 Å². The monoisotopic (exact) mass is 370 g/mol. The van der Waals surface area contributed by atoms with Crippen LogP contribution < -0.4 is 10.9 Å². The van der Waals surface area contributed by atoms with E-state index in [1.807, 2.05) is 0 Å². The zero-order valence-corrected chi connectivity index (χ0v) is 14.4. The molecule has 26 heavy (non-hydrogen) atoms. The third-order valence-corrected chi connectivity index (χ3v) is 4.34. The molecule has 0 radical (unpaired) electrons. The van der Waals surface area contributed by atoms with E-state index in [9.17, 15) is 14.0 Å². The van der Waals surface area contributed by atoms with Crippen molar-refractivity contribution < 1.29 is 14.0 Å². The van der Waals surface area contributed by atoms with E-state index >= 15 is 0 Å². The number of aromatic nitrogens is 2. The summed E-state index contributed by atoms with van der Waals surface area (Å²) in [6, 6.07) is 14.6. The van der Waals surface area contributed by atoms with Crippen LogP contribution in [0.5, 0.6) is 0 Å². The summed E-state index contributed by atoms with van der Waals surface area (Å²) >= 11 is 1.18. The predicted molar refractivity (Wildman–Crippen MR) is 96.3 cm³/mol. The van der Waals surface area contributed by atoms with Crippen molar-refractivity contribution in [3.8, 4) is 5.69 Å². The van der Waals surface area contributed by atoms with E-state index < -0.39 is 5.91 Å². The van der Waals surface area contributed by atoms with Crippen LogP contribution in [-0.4, -0.2) is 27.1 Å². The Labute approximate surface area is 153 Å². The van der Waals surface area contributed by atoms with Gasteiger partial charge in [-0.15, -0.1) is 0 Å². The minimum Gasteiger partial charge on any atom is -0.295 e. The molecule has 132 valence electrons. The Balaban J connectivity index is 1.54. The van der Waals surface area contributed by atoms with E-state index in [4.69, 9.17) is 0 Å². The highest BCUT2D eigenvalue weighted by atomic mass is 32.2.